The van der Waals surface area contributed by atoms with Crippen LogP contribution in [0.2, 0.25) is 0 Å². The highest BCUT2D eigenvalue weighted by Crippen LogP contribution is 2.25. The van der Waals surface area contributed by atoms with E-state index in [9.17, 15) is 9.18 Å². The second-order valence-electron chi connectivity index (χ2n) is 5.98. The zero-order valence-electron chi connectivity index (χ0n) is 12.6. The summed E-state index contributed by atoms with van der Waals surface area (Å²) < 4.78 is 19.3. The molecule has 0 saturated carbocycles. The van der Waals surface area contributed by atoms with Crippen LogP contribution in [0.3, 0.4) is 0 Å². The molecule has 2 aliphatic heterocycles. The minimum absolute atomic E-state index is 0.102. The molecule has 1 aromatic heterocycles. The van der Waals surface area contributed by atoms with Crippen LogP contribution in [0.1, 0.15) is 26.2 Å². The highest BCUT2D eigenvalue weighted by Gasteiger charge is 2.34. The zero-order valence-corrected chi connectivity index (χ0v) is 12.6. The molecule has 0 bridgehead atoms. The molecule has 1 aromatic rings. The van der Waals surface area contributed by atoms with E-state index in [0.29, 0.717) is 18.8 Å². The number of aromatic nitrogens is 2. The Morgan fingerprint density at radius 3 is 3.09 bits per heavy atom. The molecule has 3 heterocycles. The molecule has 0 aromatic carbocycles. The minimum Gasteiger partial charge on any atom is -0.365 e. The highest BCUT2D eigenvalue weighted by molar-refractivity contribution is 5.81. The van der Waals surface area contributed by atoms with E-state index in [4.69, 9.17) is 4.74 Å². The zero-order chi connectivity index (χ0) is 15.5. The summed E-state index contributed by atoms with van der Waals surface area (Å²) in [6, 6.07) is 3.48. The number of ether oxygens (including phenoxy) is 1. The lowest BCUT2D eigenvalue weighted by molar-refractivity contribution is -0.131. The number of anilines is 1. The van der Waals surface area contributed by atoms with Crippen molar-refractivity contribution < 1.29 is 13.9 Å². The Balaban J connectivity index is 1.57. The van der Waals surface area contributed by atoms with Crippen LogP contribution in [0.25, 0.3) is 0 Å². The van der Waals surface area contributed by atoms with Crippen LogP contribution < -0.4 is 10.2 Å². The number of nitrogens with zero attached hydrogens (tertiary/aromatic N) is 3. The Labute approximate surface area is 129 Å². The van der Waals surface area contributed by atoms with Crippen molar-refractivity contribution >= 4 is 11.7 Å². The van der Waals surface area contributed by atoms with Gasteiger partial charge in [0.1, 0.15) is 12.3 Å². The van der Waals surface area contributed by atoms with Crippen molar-refractivity contribution in [3.63, 3.8) is 0 Å². The molecule has 6 nitrogen and oxygen atoms in total. The van der Waals surface area contributed by atoms with E-state index >= 15 is 0 Å². The maximum Gasteiger partial charge on any atom is 0.249 e. The summed E-state index contributed by atoms with van der Waals surface area (Å²) in [6.07, 6.45) is 2.47. The molecular weight excluding hydrogens is 287 g/mol. The number of hydrogen-bond acceptors (Lipinski definition) is 5. The molecule has 0 unspecified atom stereocenters. The van der Waals surface area contributed by atoms with E-state index < -0.39 is 6.17 Å². The topological polar surface area (TPSA) is 67.4 Å². The van der Waals surface area contributed by atoms with Gasteiger partial charge in [-0.3, -0.25) is 4.79 Å². The Morgan fingerprint density at radius 2 is 2.41 bits per heavy atom. The van der Waals surface area contributed by atoms with Crippen molar-refractivity contribution in [3.05, 3.63) is 18.3 Å². The number of alkyl halides is 1. The molecule has 2 fully saturated rings. The van der Waals surface area contributed by atoms with Gasteiger partial charge in [0.2, 0.25) is 5.91 Å². The highest BCUT2D eigenvalue weighted by atomic mass is 19.1. The first-order chi connectivity index (χ1) is 10.6. The first kappa shape index (κ1) is 15.1. The lowest BCUT2D eigenvalue weighted by atomic mass is 10.1. The molecular formula is C15H21FN4O2. The van der Waals surface area contributed by atoms with Gasteiger partial charge in [-0.15, -0.1) is 5.10 Å². The summed E-state index contributed by atoms with van der Waals surface area (Å²) in [5.74, 6) is 0.540. The number of halogens is 1. The van der Waals surface area contributed by atoms with E-state index in [0.717, 1.165) is 12.8 Å². The van der Waals surface area contributed by atoms with Crippen molar-refractivity contribution in [2.45, 2.75) is 50.6 Å². The Morgan fingerprint density at radius 1 is 1.55 bits per heavy atom. The van der Waals surface area contributed by atoms with Gasteiger partial charge in [0.05, 0.1) is 18.7 Å². The molecule has 0 aliphatic carbocycles. The summed E-state index contributed by atoms with van der Waals surface area (Å²) in [5, 5.41) is 10.8. The standard InChI is InChI=1S/C15H21FN4O2/c1-10-4-5-13(22-10)15(21)17-8-12-7-11(16)9-20(12)14-3-2-6-18-19-14/h2-3,6,10-13H,4-5,7-9H2,1H3,(H,17,21)/t10-,11+,12+,13-/m1/s1. The fraction of sp³-hybridized carbons (Fsp3) is 0.667. The smallest absolute Gasteiger partial charge is 0.249 e. The third-order valence-corrected chi connectivity index (χ3v) is 4.25. The molecule has 2 saturated heterocycles. The average Bonchev–Trinajstić information content (AvgIpc) is 3.12. The summed E-state index contributed by atoms with van der Waals surface area (Å²) in [6.45, 7) is 2.65. The second-order valence-corrected chi connectivity index (χ2v) is 5.98. The van der Waals surface area contributed by atoms with Gasteiger partial charge in [-0.25, -0.2) is 4.39 Å². The molecule has 120 valence electrons. The van der Waals surface area contributed by atoms with Crippen LogP contribution >= 0.6 is 0 Å². The van der Waals surface area contributed by atoms with Gasteiger partial charge in [0.15, 0.2) is 5.82 Å². The molecule has 1 amide bonds. The summed E-state index contributed by atoms with van der Waals surface area (Å²) in [7, 11) is 0. The van der Waals surface area contributed by atoms with Gasteiger partial charge in [-0.05, 0) is 31.9 Å². The van der Waals surface area contributed by atoms with Gasteiger partial charge in [0.25, 0.3) is 0 Å². The lowest BCUT2D eigenvalue weighted by Crippen LogP contribution is -2.44. The van der Waals surface area contributed by atoms with Crippen LogP contribution in [-0.4, -0.2) is 53.6 Å². The number of amides is 1. The molecule has 7 heteroatoms. The number of nitrogens with one attached hydrogen (secondary N) is 1. The van der Waals surface area contributed by atoms with Crippen molar-refractivity contribution in [2.24, 2.45) is 0 Å². The fourth-order valence-corrected chi connectivity index (χ4v) is 3.11. The first-order valence-electron chi connectivity index (χ1n) is 7.75. The Hall–Kier alpha value is -1.76. The van der Waals surface area contributed by atoms with Gasteiger partial charge in [-0.1, -0.05) is 0 Å². The third-order valence-electron chi connectivity index (χ3n) is 4.25. The van der Waals surface area contributed by atoms with Crippen molar-refractivity contribution in [1.82, 2.24) is 15.5 Å². The predicted octanol–water partition coefficient (Wildman–Crippen LogP) is 1.08. The van der Waals surface area contributed by atoms with Crippen molar-refractivity contribution in [1.29, 1.82) is 0 Å². The van der Waals surface area contributed by atoms with Crippen LogP contribution in [0.15, 0.2) is 18.3 Å². The molecule has 4 atom stereocenters. The van der Waals surface area contributed by atoms with E-state index in [1.807, 2.05) is 17.9 Å². The van der Waals surface area contributed by atoms with Crippen LogP contribution in [0, 0.1) is 0 Å². The van der Waals surface area contributed by atoms with Gasteiger partial charge in [-0.2, -0.15) is 5.10 Å². The average molecular weight is 308 g/mol. The lowest BCUT2D eigenvalue weighted by Gasteiger charge is -2.25. The SMILES string of the molecule is C[C@@H]1CC[C@H](C(=O)NC[C@@H]2C[C@H](F)CN2c2cccnn2)O1. The van der Waals surface area contributed by atoms with E-state index in [-0.39, 0.29) is 30.7 Å². The number of rotatable bonds is 4. The molecule has 3 rings (SSSR count). The van der Waals surface area contributed by atoms with Crippen molar-refractivity contribution in [2.75, 3.05) is 18.0 Å². The third kappa shape index (κ3) is 3.35. The van der Waals surface area contributed by atoms with Gasteiger partial charge < -0.3 is 15.0 Å². The maximum atomic E-state index is 13.8. The quantitative estimate of drug-likeness (QED) is 0.901. The number of carbonyl (C=O) groups excluding carboxylic acids is 1. The summed E-state index contributed by atoms with van der Waals surface area (Å²) >= 11 is 0. The summed E-state index contributed by atoms with van der Waals surface area (Å²) in [4.78, 5) is 14.0. The monoisotopic (exact) mass is 308 g/mol. The largest absolute Gasteiger partial charge is 0.365 e. The fourth-order valence-electron chi connectivity index (χ4n) is 3.11. The Kier molecular flexibility index (Phi) is 4.52. The van der Waals surface area contributed by atoms with Gasteiger partial charge >= 0.3 is 0 Å². The summed E-state index contributed by atoms with van der Waals surface area (Å²) in [5.41, 5.74) is 0. The molecule has 22 heavy (non-hydrogen) atoms. The van der Waals surface area contributed by atoms with E-state index in [1.165, 1.54) is 0 Å². The molecule has 0 radical (unpaired) electrons. The second kappa shape index (κ2) is 6.56. The molecule has 1 N–H and O–H groups in total. The number of carbonyl (C=O) groups is 1. The molecule has 0 spiro atoms. The maximum absolute atomic E-state index is 13.8. The molecule has 2 aliphatic rings. The Bertz CT molecular complexity index is 516. The van der Waals surface area contributed by atoms with Crippen LogP contribution in [-0.2, 0) is 9.53 Å². The first-order valence-corrected chi connectivity index (χ1v) is 7.75. The number of hydrogen-bond donors (Lipinski definition) is 1. The predicted molar refractivity (Wildman–Crippen MR) is 79.3 cm³/mol. The van der Waals surface area contributed by atoms with E-state index in [1.54, 1.807) is 12.3 Å². The van der Waals surface area contributed by atoms with Crippen LogP contribution in [0.4, 0.5) is 10.2 Å². The van der Waals surface area contributed by atoms with Gasteiger partial charge in [0, 0.05) is 19.2 Å². The van der Waals surface area contributed by atoms with Crippen LogP contribution in [0.5, 0.6) is 0 Å². The van der Waals surface area contributed by atoms with Crippen molar-refractivity contribution in [3.8, 4) is 0 Å². The minimum atomic E-state index is -0.910. The normalized spacial score (nSPS) is 31.5. The van der Waals surface area contributed by atoms with E-state index in [2.05, 4.69) is 15.5 Å².